The van der Waals surface area contributed by atoms with Crippen LogP contribution in [0.5, 0.6) is 0 Å². The van der Waals surface area contributed by atoms with Crippen LogP contribution in [0.15, 0.2) is 60.2 Å². The van der Waals surface area contributed by atoms with Crippen LogP contribution in [-0.4, -0.2) is 40.6 Å². The minimum atomic E-state index is -0.982. The molecule has 3 N–H and O–H groups in total. The van der Waals surface area contributed by atoms with Gasteiger partial charge >= 0.3 is 5.97 Å². The molecule has 5 heterocycles. The van der Waals surface area contributed by atoms with Gasteiger partial charge in [0.05, 0.1) is 10.6 Å². The average molecular weight is 444 g/mol. The van der Waals surface area contributed by atoms with Gasteiger partial charge in [0, 0.05) is 23.5 Å². The van der Waals surface area contributed by atoms with Gasteiger partial charge < -0.3 is 15.7 Å². The summed E-state index contributed by atoms with van der Waals surface area (Å²) in [5.74, 6) is 0.908. The Labute approximate surface area is 185 Å². The molecule has 5 aromatic heterocycles. The normalized spacial score (nSPS) is 10.9. The molecule has 5 aromatic rings. The molecule has 0 spiro atoms. The quantitative estimate of drug-likeness (QED) is 0.354. The summed E-state index contributed by atoms with van der Waals surface area (Å²) in [6.45, 7) is 1.92. The van der Waals surface area contributed by atoms with Crippen molar-refractivity contribution in [2.24, 2.45) is 0 Å². The SMILES string of the molecule is Cc1cccc(-c2nc(Nc3ccnc(Nc4cc(C(=O)O)cs4)n3)c3cccn3n2)n1. The average Bonchev–Trinajstić information content (AvgIpc) is 3.44. The molecule has 0 unspecified atom stereocenters. The summed E-state index contributed by atoms with van der Waals surface area (Å²) in [4.78, 5) is 28.9. The molecule has 0 saturated carbocycles. The van der Waals surface area contributed by atoms with Crippen molar-refractivity contribution in [2.45, 2.75) is 6.92 Å². The van der Waals surface area contributed by atoms with Crippen molar-refractivity contribution in [1.82, 2.24) is 29.5 Å². The van der Waals surface area contributed by atoms with Crippen molar-refractivity contribution in [3.8, 4) is 11.5 Å². The molecular formula is C21H16N8O2S. The van der Waals surface area contributed by atoms with Crippen LogP contribution in [0.3, 0.4) is 0 Å². The van der Waals surface area contributed by atoms with Crippen LogP contribution < -0.4 is 10.6 Å². The van der Waals surface area contributed by atoms with Crippen molar-refractivity contribution >= 4 is 45.4 Å². The Morgan fingerprint density at radius 3 is 2.81 bits per heavy atom. The largest absolute Gasteiger partial charge is 0.478 e. The first kappa shape index (κ1) is 19.6. The van der Waals surface area contributed by atoms with Crippen molar-refractivity contribution < 1.29 is 9.90 Å². The maximum absolute atomic E-state index is 11.1. The second-order valence-electron chi connectivity index (χ2n) is 6.81. The summed E-state index contributed by atoms with van der Waals surface area (Å²) in [6.07, 6.45) is 3.44. The highest BCUT2D eigenvalue weighted by Gasteiger charge is 2.12. The van der Waals surface area contributed by atoms with E-state index >= 15 is 0 Å². The zero-order chi connectivity index (χ0) is 22.1. The standard InChI is InChI=1S/C21H16N8O2S/c1-12-4-2-5-14(23-12)18-27-19(15-6-3-9-29(15)28-18)24-16-7-8-22-21(25-16)26-17-10-13(11-32-17)20(30)31/h2-11H,1H3,(H,30,31)(H2,22,24,25,26,27,28). The second-order valence-corrected chi connectivity index (χ2v) is 7.72. The van der Waals surface area contributed by atoms with Crippen LogP contribution in [0.1, 0.15) is 16.1 Å². The third kappa shape index (κ3) is 3.96. The van der Waals surface area contributed by atoms with Crippen molar-refractivity contribution in [3.05, 3.63) is 71.5 Å². The highest BCUT2D eigenvalue weighted by Crippen LogP contribution is 2.25. The Balaban J connectivity index is 1.46. The maximum Gasteiger partial charge on any atom is 0.336 e. The number of carboxylic acids is 1. The van der Waals surface area contributed by atoms with E-state index < -0.39 is 5.97 Å². The van der Waals surface area contributed by atoms with Crippen LogP contribution >= 0.6 is 11.3 Å². The molecule has 0 aromatic carbocycles. The third-order valence-electron chi connectivity index (χ3n) is 4.49. The Kier molecular flexibility index (Phi) is 4.92. The molecule has 0 radical (unpaired) electrons. The summed E-state index contributed by atoms with van der Waals surface area (Å²) in [5.41, 5.74) is 2.53. The van der Waals surface area contributed by atoms with E-state index in [1.807, 2.05) is 43.5 Å². The number of carboxylic acid groups (broad SMARTS) is 1. The van der Waals surface area contributed by atoms with Gasteiger partial charge in [-0.05, 0) is 43.3 Å². The Bertz CT molecular complexity index is 1440. The summed E-state index contributed by atoms with van der Waals surface area (Å²) < 4.78 is 1.73. The third-order valence-corrected chi connectivity index (χ3v) is 5.34. The van der Waals surface area contributed by atoms with E-state index in [2.05, 4.69) is 35.7 Å². The molecule has 10 nitrogen and oxygen atoms in total. The summed E-state index contributed by atoms with van der Waals surface area (Å²) in [5, 5.41) is 22.1. The topological polar surface area (TPSA) is 130 Å². The molecule has 0 saturated heterocycles. The number of rotatable bonds is 6. The second kappa shape index (κ2) is 8.04. The smallest absolute Gasteiger partial charge is 0.336 e. The molecule has 0 aliphatic rings. The van der Waals surface area contributed by atoms with Crippen LogP contribution in [-0.2, 0) is 0 Å². The van der Waals surface area contributed by atoms with Gasteiger partial charge in [-0.15, -0.1) is 16.4 Å². The van der Waals surface area contributed by atoms with Crippen molar-refractivity contribution in [1.29, 1.82) is 0 Å². The van der Waals surface area contributed by atoms with E-state index in [9.17, 15) is 4.79 Å². The Morgan fingerprint density at radius 2 is 2.00 bits per heavy atom. The zero-order valence-corrected chi connectivity index (χ0v) is 17.5. The van der Waals surface area contributed by atoms with E-state index in [1.165, 1.54) is 17.4 Å². The summed E-state index contributed by atoms with van der Waals surface area (Å²) in [7, 11) is 0. The Hall–Kier alpha value is -4.38. The van der Waals surface area contributed by atoms with Gasteiger partial charge in [0.1, 0.15) is 17.0 Å². The fraction of sp³-hybridized carbons (Fsp3) is 0.0476. The monoisotopic (exact) mass is 444 g/mol. The van der Waals surface area contributed by atoms with E-state index in [4.69, 9.17) is 5.11 Å². The molecule has 158 valence electrons. The molecule has 32 heavy (non-hydrogen) atoms. The Morgan fingerprint density at radius 1 is 1.09 bits per heavy atom. The number of nitrogens with one attached hydrogen (secondary N) is 2. The number of pyridine rings is 1. The van der Waals surface area contributed by atoms with E-state index in [0.29, 0.717) is 34.1 Å². The molecule has 0 amide bonds. The summed E-state index contributed by atoms with van der Waals surface area (Å²) in [6, 6.07) is 12.7. The molecule has 0 aliphatic carbocycles. The van der Waals surface area contributed by atoms with Gasteiger partial charge in [0.2, 0.25) is 11.8 Å². The lowest BCUT2D eigenvalue weighted by molar-refractivity contribution is 0.0697. The molecule has 0 atom stereocenters. The number of aromatic carboxylic acids is 1. The number of aryl methyl sites for hydroxylation is 1. The summed E-state index contributed by atoms with van der Waals surface area (Å²) >= 11 is 1.26. The molecule has 11 heteroatoms. The minimum absolute atomic E-state index is 0.209. The molecule has 5 rings (SSSR count). The number of thiophene rings is 1. The van der Waals surface area contributed by atoms with Crippen LogP contribution in [0.25, 0.3) is 17.0 Å². The van der Waals surface area contributed by atoms with Crippen molar-refractivity contribution in [3.63, 3.8) is 0 Å². The number of carbonyl (C=O) groups is 1. The lowest BCUT2D eigenvalue weighted by atomic mass is 10.3. The van der Waals surface area contributed by atoms with Gasteiger partial charge in [-0.2, -0.15) is 4.98 Å². The number of aromatic nitrogens is 6. The fourth-order valence-electron chi connectivity index (χ4n) is 3.04. The first-order valence-corrected chi connectivity index (χ1v) is 10.4. The number of hydrogen-bond acceptors (Lipinski definition) is 9. The van der Waals surface area contributed by atoms with Gasteiger partial charge in [-0.1, -0.05) is 6.07 Å². The van der Waals surface area contributed by atoms with Gasteiger partial charge in [0.15, 0.2) is 5.82 Å². The highest BCUT2D eigenvalue weighted by molar-refractivity contribution is 7.14. The lowest BCUT2D eigenvalue weighted by Gasteiger charge is -2.10. The molecule has 0 fully saturated rings. The van der Waals surface area contributed by atoms with Gasteiger partial charge in [-0.3, -0.25) is 0 Å². The van der Waals surface area contributed by atoms with E-state index in [0.717, 1.165) is 11.2 Å². The number of nitrogens with zero attached hydrogens (tertiary/aromatic N) is 6. The highest BCUT2D eigenvalue weighted by atomic mass is 32.1. The number of fused-ring (bicyclic) bond motifs is 1. The number of anilines is 4. The fourth-order valence-corrected chi connectivity index (χ4v) is 3.80. The minimum Gasteiger partial charge on any atom is -0.478 e. The van der Waals surface area contributed by atoms with E-state index in [-0.39, 0.29) is 5.56 Å². The first-order chi connectivity index (χ1) is 15.5. The van der Waals surface area contributed by atoms with Crippen molar-refractivity contribution in [2.75, 3.05) is 10.6 Å². The molecule has 0 bridgehead atoms. The predicted molar refractivity (Wildman–Crippen MR) is 121 cm³/mol. The molecule has 0 aliphatic heterocycles. The van der Waals surface area contributed by atoms with Crippen LogP contribution in [0.2, 0.25) is 0 Å². The van der Waals surface area contributed by atoms with Crippen LogP contribution in [0.4, 0.5) is 22.6 Å². The van der Waals surface area contributed by atoms with E-state index in [1.54, 1.807) is 22.2 Å². The number of hydrogen-bond donors (Lipinski definition) is 3. The zero-order valence-electron chi connectivity index (χ0n) is 16.7. The lowest BCUT2D eigenvalue weighted by Crippen LogP contribution is -2.06. The molecular weight excluding hydrogens is 428 g/mol. The first-order valence-electron chi connectivity index (χ1n) is 9.53. The van der Waals surface area contributed by atoms with Crippen LogP contribution in [0, 0.1) is 6.92 Å². The van der Waals surface area contributed by atoms with Gasteiger partial charge in [0.25, 0.3) is 0 Å². The maximum atomic E-state index is 11.1. The predicted octanol–water partition coefficient (Wildman–Crippen LogP) is 4.14. The van der Waals surface area contributed by atoms with Gasteiger partial charge in [-0.25, -0.2) is 24.3 Å².